The molecule has 25 heavy (non-hydrogen) atoms. The first-order chi connectivity index (χ1) is 12.1. The summed E-state index contributed by atoms with van der Waals surface area (Å²) in [5.41, 5.74) is 0.465. The number of rotatable bonds is 10. The SMILES string of the molecule is CCCOc1ccc(OCC(=O)NCc2cn(CC(=O)O)nn2)cc1. The Labute approximate surface area is 144 Å². The van der Waals surface area contributed by atoms with Gasteiger partial charge >= 0.3 is 5.97 Å². The highest BCUT2D eigenvalue weighted by Gasteiger charge is 2.07. The summed E-state index contributed by atoms with van der Waals surface area (Å²) in [4.78, 5) is 22.3. The van der Waals surface area contributed by atoms with Crippen molar-refractivity contribution in [2.45, 2.75) is 26.4 Å². The lowest BCUT2D eigenvalue weighted by atomic mass is 10.3. The van der Waals surface area contributed by atoms with Crippen molar-refractivity contribution < 1.29 is 24.2 Å². The summed E-state index contributed by atoms with van der Waals surface area (Å²) in [6, 6.07) is 7.03. The molecule has 9 heteroatoms. The molecule has 0 aliphatic rings. The van der Waals surface area contributed by atoms with Crippen molar-refractivity contribution in [2.75, 3.05) is 13.2 Å². The third-order valence-corrected chi connectivity index (χ3v) is 3.02. The zero-order valence-electron chi connectivity index (χ0n) is 13.8. The first-order valence-electron chi connectivity index (χ1n) is 7.80. The summed E-state index contributed by atoms with van der Waals surface area (Å²) in [5, 5.41) is 18.7. The predicted molar refractivity (Wildman–Crippen MR) is 87.2 cm³/mol. The lowest BCUT2D eigenvalue weighted by Gasteiger charge is -2.08. The molecule has 2 N–H and O–H groups in total. The fraction of sp³-hybridized carbons (Fsp3) is 0.375. The maximum Gasteiger partial charge on any atom is 0.325 e. The Morgan fingerprint density at radius 3 is 2.52 bits per heavy atom. The summed E-state index contributed by atoms with van der Waals surface area (Å²) >= 11 is 0. The van der Waals surface area contributed by atoms with Crippen molar-refractivity contribution in [1.29, 1.82) is 0 Å². The van der Waals surface area contributed by atoms with E-state index in [0.717, 1.165) is 12.2 Å². The molecular weight excluding hydrogens is 328 g/mol. The van der Waals surface area contributed by atoms with E-state index in [4.69, 9.17) is 14.6 Å². The number of amides is 1. The van der Waals surface area contributed by atoms with Crippen LogP contribution in [0.4, 0.5) is 0 Å². The average Bonchev–Trinajstić information content (AvgIpc) is 3.04. The zero-order valence-corrected chi connectivity index (χ0v) is 13.8. The van der Waals surface area contributed by atoms with Crippen molar-refractivity contribution in [3.8, 4) is 11.5 Å². The van der Waals surface area contributed by atoms with Gasteiger partial charge in [-0.05, 0) is 30.7 Å². The molecule has 1 aromatic carbocycles. The molecule has 0 unspecified atom stereocenters. The number of carbonyl (C=O) groups is 2. The standard InChI is InChI=1S/C16H20N4O5/c1-2-7-24-13-3-5-14(6-4-13)25-11-15(21)17-8-12-9-20(19-18-12)10-16(22)23/h3-6,9H,2,7-8,10-11H2,1H3,(H,17,21)(H,22,23). The smallest absolute Gasteiger partial charge is 0.325 e. The molecule has 0 atom stereocenters. The van der Waals surface area contributed by atoms with Crippen LogP contribution in [0.25, 0.3) is 0 Å². The number of carboxylic acids is 1. The molecule has 2 aromatic rings. The maximum atomic E-state index is 11.8. The van der Waals surface area contributed by atoms with Crippen LogP contribution in [-0.4, -0.2) is 45.2 Å². The van der Waals surface area contributed by atoms with Gasteiger partial charge in [-0.2, -0.15) is 0 Å². The summed E-state index contributed by atoms with van der Waals surface area (Å²) < 4.78 is 12.0. The summed E-state index contributed by atoms with van der Waals surface area (Å²) in [5.74, 6) is -0.0198. The van der Waals surface area contributed by atoms with Crippen LogP contribution in [-0.2, 0) is 22.7 Å². The zero-order chi connectivity index (χ0) is 18.1. The third-order valence-electron chi connectivity index (χ3n) is 3.02. The van der Waals surface area contributed by atoms with Crippen LogP contribution in [0.3, 0.4) is 0 Å². The van der Waals surface area contributed by atoms with Gasteiger partial charge in [0.25, 0.3) is 5.91 Å². The largest absolute Gasteiger partial charge is 0.494 e. The normalized spacial score (nSPS) is 10.3. The number of hydrogen-bond acceptors (Lipinski definition) is 6. The van der Waals surface area contributed by atoms with Crippen molar-refractivity contribution in [3.05, 3.63) is 36.2 Å². The van der Waals surface area contributed by atoms with Crippen molar-refractivity contribution >= 4 is 11.9 Å². The van der Waals surface area contributed by atoms with E-state index in [0.29, 0.717) is 18.1 Å². The number of nitrogens with zero attached hydrogens (tertiary/aromatic N) is 3. The van der Waals surface area contributed by atoms with E-state index in [9.17, 15) is 9.59 Å². The van der Waals surface area contributed by atoms with E-state index < -0.39 is 5.97 Å². The predicted octanol–water partition coefficient (Wildman–Crippen LogP) is 0.847. The summed E-state index contributed by atoms with van der Waals surface area (Å²) in [6.07, 6.45) is 2.40. The number of aromatic nitrogens is 3. The second-order valence-corrected chi connectivity index (χ2v) is 5.19. The van der Waals surface area contributed by atoms with Gasteiger partial charge in [0.2, 0.25) is 0 Å². The Morgan fingerprint density at radius 2 is 1.88 bits per heavy atom. The van der Waals surface area contributed by atoms with Gasteiger partial charge in [-0.25, -0.2) is 4.68 Å². The molecule has 2 rings (SSSR count). The minimum Gasteiger partial charge on any atom is -0.494 e. The molecule has 0 aliphatic heterocycles. The molecule has 0 bridgehead atoms. The second kappa shape index (κ2) is 9.26. The molecule has 0 spiro atoms. The number of aliphatic carboxylic acids is 1. The Balaban J connectivity index is 1.71. The van der Waals surface area contributed by atoms with Crippen molar-refractivity contribution in [1.82, 2.24) is 20.3 Å². The number of ether oxygens (including phenoxy) is 2. The topological polar surface area (TPSA) is 116 Å². The molecule has 9 nitrogen and oxygen atoms in total. The van der Waals surface area contributed by atoms with E-state index in [2.05, 4.69) is 15.6 Å². The van der Waals surface area contributed by atoms with Crippen LogP contribution in [0.2, 0.25) is 0 Å². The van der Waals surface area contributed by atoms with Crippen molar-refractivity contribution in [3.63, 3.8) is 0 Å². The lowest BCUT2D eigenvalue weighted by molar-refractivity contribution is -0.138. The van der Waals surface area contributed by atoms with Crippen LogP contribution >= 0.6 is 0 Å². The summed E-state index contributed by atoms with van der Waals surface area (Å²) in [7, 11) is 0. The molecule has 0 radical (unpaired) electrons. The van der Waals surface area contributed by atoms with Gasteiger partial charge in [0.1, 0.15) is 23.7 Å². The van der Waals surface area contributed by atoms with Crippen LogP contribution in [0, 0.1) is 0 Å². The van der Waals surface area contributed by atoms with Gasteiger partial charge < -0.3 is 19.9 Å². The molecule has 0 saturated heterocycles. The molecule has 0 saturated carbocycles. The highest BCUT2D eigenvalue weighted by atomic mass is 16.5. The molecule has 0 aliphatic carbocycles. The number of carbonyl (C=O) groups excluding carboxylic acids is 1. The van der Waals surface area contributed by atoms with Gasteiger partial charge in [0, 0.05) is 0 Å². The molecule has 1 heterocycles. The highest BCUT2D eigenvalue weighted by Crippen LogP contribution is 2.17. The monoisotopic (exact) mass is 348 g/mol. The van der Waals surface area contributed by atoms with Crippen LogP contribution in [0.15, 0.2) is 30.5 Å². The van der Waals surface area contributed by atoms with Gasteiger partial charge in [-0.1, -0.05) is 12.1 Å². The summed E-state index contributed by atoms with van der Waals surface area (Å²) in [6.45, 7) is 2.41. The van der Waals surface area contributed by atoms with E-state index in [1.807, 2.05) is 6.92 Å². The van der Waals surface area contributed by atoms with E-state index in [1.54, 1.807) is 24.3 Å². The Bertz CT molecular complexity index is 699. The fourth-order valence-electron chi connectivity index (χ4n) is 1.88. The highest BCUT2D eigenvalue weighted by molar-refractivity contribution is 5.77. The minimum atomic E-state index is -1.01. The quantitative estimate of drug-likeness (QED) is 0.654. The number of nitrogens with one attached hydrogen (secondary N) is 1. The molecule has 1 aromatic heterocycles. The lowest BCUT2D eigenvalue weighted by Crippen LogP contribution is -2.28. The first-order valence-corrected chi connectivity index (χ1v) is 7.80. The van der Waals surface area contributed by atoms with Gasteiger partial charge in [-0.15, -0.1) is 5.10 Å². The fourth-order valence-corrected chi connectivity index (χ4v) is 1.88. The molecule has 134 valence electrons. The van der Waals surface area contributed by atoms with Gasteiger partial charge in [-0.3, -0.25) is 9.59 Å². The number of hydrogen-bond donors (Lipinski definition) is 2. The Morgan fingerprint density at radius 1 is 1.20 bits per heavy atom. The third kappa shape index (κ3) is 6.50. The average molecular weight is 348 g/mol. The van der Waals surface area contributed by atoms with Crippen LogP contribution in [0.1, 0.15) is 19.0 Å². The van der Waals surface area contributed by atoms with E-state index in [-0.39, 0.29) is 25.6 Å². The van der Waals surface area contributed by atoms with Gasteiger partial charge in [0.05, 0.1) is 19.3 Å². The van der Waals surface area contributed by atoms with Crippen LogP contribution < -0.4 is 14.8 Å². The number of carboxylic acid groups (broad SMARTS) is 1. The Kier molecular flexibility index (Phi) is 6.76. The Hall–Kier alpha value is -3.10. The van der Waals surface area contributed by atoms with Crippen molar-refractivity contribution in [2.24, 2.45) is 0 Å². The first kappa shape index (κ1) is 18.2. The maximum absolute atomic E-state index is 11.8. The molecule has 1 amide bonds. The van der Waals surface area contributed by atoms with E-state index >= 15 is 0 Å². The molecule has 0 fully saturated rings. The van der Waals surface area contributed by atoms with Gasteiger partial charge in [0.15, 0.2) is 6.61 Å². The minimum absolute atomic E-state index is 0.140. The van der Waals surface area contributed by atoms with Crippen LogP contribution in [0.5, 0.6) is 11.5 Å². The molecular formula is C16H20N4O5. The number of benzene rings is 1. The van der Waals surface area contributed by atoms with E-state index in [1.165, 1.54) is 10.9 Å². The second-order valence-electron chi connectivity index (χ2n) is 5.19.